The molecule has 102 valence electrons. The standard InChI is InChI=1S/C12H21N3O3/c1-9(2)15(7-5-6-13)11(18)14-12(3,4)8-10(16)17/h9H,5,7-8H2,1-4H3,(H,14,18)(H,16,17). The van der Waals surface area contributed by atoms with Gasteiger partial charge >= 0.3 is 12.0 Å². The average Bonchev–Trinajstić information content (AvgIpc) is 2.14. The van der Waals surface area contributed by atoms with Crippen LogP contribution < -0.4 is 5.32 Å². The molecule has 0 aromatic heterocycles. The summed E-state index contributed by atoms with van der Waals surface area (Å²) in [5.74, 6) is -0.964. The largest absolute Gasteiger partial charge is 0.481 e. The number of urea groups is 1. The van der Waals surface area contributed by atoms with E-state index in [0.29, 0.717) is 6.54 Å². The van der Waals surface area contributed by atoms with Crippen LogP contribution in [0.2, 0.25) is 0 Å². The van der Waals surface area contributed by atoms with E-state index < -0.39 is 11.5 Å². The van der Waals surface area contributed by atoms with Gasteiger partial charge in [0.1, 0.15) is 0 Å². The zero-order valence-corrected chi connectivity index (χ0v) is 11.4. The van der Waals surface area contributed by atoms with Crippen molar-refractivity contribution in [2.24, 2.45) is 0 Å². The van der Waals surface area contributed by atoms with Crippen molar-refractivity contribution in [3.8, 4) is 6.07 Å². The molecule has 0 fully saturated rings. The summed E-state index contributed by atoms with van der Waals surface area (Å²) >= 11 is 0. The van der Waals surface area contributed by atoms with Crippen molar-refractivity contribution in [1.82, 2.24) is 10.2 Å². The Hall–Kier alpha value is -1.77. The van der Waals surface area contributed by atoms with Crippen LogP contribution in [0.4, 0.5) is 4.79 Å². The molecule has 0 saturated heterocycles. The highest BCUT2D eigenvalue weighted by atomic mass is 16.4. The zero-order chi connectivity index (χ0) is 14.3. The first-order valence-electron chi connectivity index (χ1n) is 5.87. The van der Waals surface area contributed by atoms with Gasteiger partial charge in [-0.2, -0.15) is 5.26 Å². The van der Waals surface area contributed by atoms with Crippen LogP contribution in [0.5, 0.6) is 0 Å². The van der Waals surface area contributed by atoms with Gasteiger partial charge < -0.3 is 15.3 Å². The van der Waals surface area contributed by atoms with Crippen LogP contribution in [0.1, 0.15) is 40.5 Å². The molecular weight excluding hydrogens is 234 g/mol. The van der Waals surface area contributed by atoms with Crippen molar-refractivity contribution in [2.75, 3.05) is 6.54 Å². The number of amides is 2. The summed E-state index contributed by atoms with van der Waals surface area (Å²) < 4.78 is 0. The van der Waals surface area contributed by atoms with Gasteiger partial charge in [0, 0.05) is 18.1 Å². The zero-order valence-electron chi connectivity index (χ0n) is 11.4. The third kappa shape index (κ3) is 6.09. The molecule has 18 heavy (non-hydrogen) atoms. The number of carbonyl (C=O) groups excluding carboxylic acids is 1. The van der Waals surface area contributed by atoms with Gasteiger partial charge in [0.15, 0.2) is 0 Å². The summed E-state index contributed by atoms with van der Waals surface area (Å²) in [7, 11) is 0. The number of hydrogen-bond acceptors (Lipinski definition) is 3. The summed E-state index contributed by atoms with van der Waals surface area (Å²) in [5, 5.41) is 20.0. The van der Waals surface area contributed by atoms with E-state index in [4.69, 9.17) is 10.4 Å². The molecule has 0 heterocycles. The normalized spacial score (nSPS) is 10.9. The fraction of sp³-hybridized carbons (Fsp3) is 0.750. The Morgan fingerprint density at radius 3 is 2.39 bits per heavy atom. The molecule has 2 N–H and O–H groups in total. The molecule has 0 radical (unpaired) electrons. The Kier molecular flexibility index (Phi) is 6.17. The number of hydrogen-bond donors (Lipinski definition) is 2. The molecule has 2 amide bonds. The van der Waals surface area contributed by atoms with Gasteiger partial charge in [-0.15, -0.1) is 0 Å². The molecule has 0 bridgehead atoms. The summed E-state index contributed by atoms with van der Waals surface area (Å²) in [4.78, 5) is 24.2. The van der Waals surface area contributed by atoms with E-state index in [9.17, 15) is 9.59 Å². The maximum absolute atomic E-state index is 12.0. The van der Waals surface area contributed by atoms with Crippen LogP contribution in [-0.2, 0) is 4.79 Å². The summed E-state index contributed by atoms with van der Waals surface area (Å²) in [6, 6.07) is 1.60. The number of rotatable bonds is 6. The highest BCUT2D eigenvalue weighted by molar-refractivity contribution is 5.77. The second kappa shape index (κ2) is 6.84. The predicted molar refractivity (Wildman–Crippen MR) is 66.9 cm³/mol. The summed E-state index contributed by atoms with van der Waals surface area (Å²) in [5.41, 5.74) is -0.817. The minimum absolute atomic E-state index is 0.0426. The molecule has 0 saturated carbocycles. The van der Waals surface area contributed by atoms with Crippen molar-refractivity contribution >= 4 is 12.0 Å². The van der Waals surface area contributed by atoms with Crippen molar-refractivity contribution in [3.63, 3.8) is 0 Å². The van der Waals surface area contributed by atoms with Crippen molar-refractivity contribution < 1.29 is 14.7 Å². The van der Waals surface area contributed by atoms with E-state index in [1.165, 1.54) is 4.90 Å². The van der Waals surface area contributed by atoms with E-state index in [1.807, 2.05) is 19.9 Å². The maximum atomic E-state index is 12.0. The molecule has 0 aromatic rings. The number of carbonyl (C=O) groups is 2. The van der Waals surface area contributed by atoms with Crippen molar-refractivity contribution in [3.05, 3.63) is 0 Å². The topological polar surface area (TPSA) is 93.4 Å². The van der Waals surface area contributed by atoms with Crippen LogP contribution in [0, 0.1) is 11.3 Å². The Morgan fingerprint density at radius 1 is 1.44 bits per heavy atom. The third-order valence-corrected chi connectivity index (χ3v) is 2.39. The lowest BCUT2D eigenvalue weighted by molar-refractivity contribution is -0.138. The molecular formula is C12H21N3O3. The van der Waals surface area contributed by atoms with E-state index >= 15 is 0 Å². The van der Waals surface area contributed by atoms with E-state index in [-0.39, 0.29) is 24.9 Å². The molecule has 0 aliphatic heterocycles. The second-order valence-electron chi connectivity index (χ2n) is 5.08. The SMILES string of the molecule is CC(C)N(CCC#N)C(=O)NC(C)(C)CC(=O)O. The number of carboxylic acids is 1. The Morgan fingerprint density at radius 2 is 2.00 bits per heavy atom. The van der Waals surface area contributed by atoms with Gasteiger partial charge in [-0.25, -0.2) is 4.79 Å². The second-order valence-corrected chi connectivity index (χ2v) is 5.08. The first-order chi connectivity index (χ1) is 8.19. The van der Waals surface area contributed by atoms with Gasteiger partial charge in [-0.3, -0.25) is 4.79 Å². The first kappa shape index (κ1) is 16.2. The average molecular weight is 255 g/mol. The minimum atomic E-state index is -0.964. The monoisotopic (exact) mass is 255 g/mol. The Bertz CT molecular complexity index is 345. The summed E-state index contributed by atoms with van der Waals surface area (Å²) in [6.45, 7) is 7.34. The molecule has 0 rings (SSSR count). The van der Waals surface area contributed by atoms with Crippen molar-refractivity contribution in [2.45, 2.75) is 52.1 Å². The van der Waals surface area contributed by atoms with Crippen LogP contribution in [0.3, 0.4) is 0 Å². The smallest absolute Gasteiger partial charge is 0.318 e. The number of nitriles is 1. The Balaban J connectivity index is 4.60. The number of nitrogens with zero attached hydrogens (tertiary/aromatic N) is 2. The van der Waals surface area contributed by atoms with Crippen LogP contribution in [-0.4, -0.2) is 40.1 Å². The van der Waals surface area contributed by atoms with E-state index in [0.717, 1.165) is 0 Å². The van der Waals surface area contributed by atoms with Crippen molar-refractivity contribution in [1.29, 1.82) is 5.26 Å². The molecule has 6 nitrogen and oxygen atoms in total. The van der Waals surface area contributed by atoms with E-state index in [1.54, 1.807) is 13.8 Å². The highest BCUT2D eigenvalue weighted by Crippen LogP contribution is 2.10. The molecule has 0 unspecified atom stereocenters. The van der Waals surface area contributed by atoms with Gasteiger partial charge in [0.2, 0.25) is 0 Å². The van der Waals surface area contributed by atoms with Crippen LogP contribution in [0.25, 0.3) is 0 Å². The van der Waals surface area contributed by atoms with Gasteiger partial charge in [0.05, 0.1) is 18.9 Å². The predicted octanol–water partition coefficient (Wildman–Crippen LogP) is 1.57. The minimum Gasteiger partial charge on any atom is -0.481 e. The molecule has 0 atom stereocenters. The Labute approximate surface area is 108 Å². The van der Waals surface area contributed by atoms with E-state index in [2.05, 4.69) is 5.32 Å². The lowest BCUT2D eigenvalue weighted by Crippen LogP contribution is -2.52. The molecule has 0 aliphatic carbocycles. The fourth-order valence-electron chi connectivity index (χ4n) is 1.55. The van der Waals surface area contributed by atoms with Crippen LogP contribution in [0.15, 0.2) is 0 Å². The fourth-order valence-corrected chi connectivity index (χ4v) is 1.55. The number of nitrogens with one attached hydrogen (secondary N) is 1. The first-order valence-corrected chi connectivity index (χ1v) is 5.87. The molecule has 0 aliphatic rings. The maximum Gasteiger partial charge on any atom is 0.318 e. The number of aliphatic carboxylic acids is 1. The van der Waals surface area contributed by atoms with Gasteiger partial charge in [-0.1, -0.05) is 0 Å². The number of carboxylic acid groups (broad SMARTS) is 1. The third-order valence-electron chi connectivity index (χ3n) is 2.39. The lowest BCUT2D eigenvalue weighted by Gasteiger charge is -2.31. The highest BCUT2D eigenvalue weighted by Gasteiger charge is 2.27. The van der Waals surface area contributed by atoms with Crippen LogP contribution >= 0.6 is 0 Å². The van der Waals surface area contributed by atoms with Gasteiger partial charge in [0.25, 0.3) is 0 Å². The quantitative estimate of drug-likeness (QED) is 0.753. The molecule has 6 heteroatoms. The van der Waals surface area contributed by atoms with Gasteiger partial charge in [-0.05, 0) is 27.7 Å². The molecule has 0 aromatic carbocycles. The summed E-state index contributed by atoms with van der Waals surface area (Å²) in [6.07, 6.45) is 0.105. The lowest BCUT2D eigenvalue weighted by atomic mass is 10.0. The molecule has 0 spiro atoms.